The van der Waals surface area contributed by atoms with Gasteiger partial charge in [-0.05, 0) is 23.7 Å². The van der Waals surface area contributed by atoms with E-state index >= 15 is 0 Å². The summed E-state index contributed by atoms with van der Waals surface area (Å²) in [5.74, 6) is 0. The zero-order chi connectivity index (χ0) is 10.1. The number of oxazole rings is 1. The van der Waals surface area contributed by atoms with E-state index in [0.717, 1.165) is 0 Å². The Hall–Kier alpha value is -1.55. The van der Waals surface area contributed by atoms with Gasteiger partial charge in [-0.1, -0.05) is 6.07 Å². The number of fused-ring (bicyclic) bond motifs is 1. The van der Waals surface area contributed by atoms with E-state index in [1.807, 2.05) is 0 Å². The van der Waals surface area contributed by atoms with Crippen molar-refractivity contribution in [1.82, 2.24) is 4.98 Å². The second-order valence-corrected chi connectivity index (χ2v) is 2.95. The number of benzene rings is 1. The molecule has 1 aromatic carbocycles. The molecule has 2 aromatic rings. The Morgan fingerprint density at radius 3 is 3.00 bits per heavy atom. The number of carbonyl (C=O) groups excluding carboxylic acids is 1. The highest BCUT2D eigenvalue weighted by molar-refractivity contribution is 6.68. The van der Waals surface area contributed by atoms with Gasteiger partial charge in [-0.2, -0.15) is 4.98 Å². The Kier molecular flexibility index (Phi) is 2.13. The minimum Gasteiger partial charge on any atom is -0.453 e. The summed E-state index contributed by atoms with van der Waals surface area (Å²) < 4.78 is 9.97. The summed E-state index contributed by atoms with van der Waals surface area (Å²) >= 11 is 5.37. The highest BCUT2D eigenvalue weighted by Crippen LogP contribution is 2.24. The summed E-state index contributed by atoms with van der Waals surface area (Å²) in [5.41, 5.74) is 1.22. The molecule has 0 unspecified atom stereocenters. The van der Waals surface area contributed by atoms with E-state index in [1.54, 1.807) is 18.2 Å². The second kappa shape index (κ2) is 3.31. The summed E-state index contributed by atoms with van der Waals surface area (Å²) in [6, 6.07) is 4.94. The van der Waals surface area contributed by atoms with Crippen LogP contribution in [0.25, 0.3) is 11.1 Å². The van der Waals surface area contributed by atoms with E-state index in [2.05, 4.69) is 4.98 Å². The molecule has 0 aliphatic heterocycles. The van der Waals surface area contributed by atoms with E-state index in [0.29, 0.717) is 16.7 Å². The molecular formula is C9H6ClNO3. The van der Waals surface area contributed by atoms with Gasteiger partial charge in [0.15, 0.2) is 5.58 Å². The molecule has 5 heteroatoms. The molecule has 2 rings (SSSR count). The summed E-state index contributed by atoms with van der Waals surface area (Å²) in [6.45, 7) is 0. The molecule has 4 nitrogen and oxygen atoms in total. The predicted molar refractivity (Wildman–Crippen MR) is 50.7 cm³/mol. The van der Waals surface area contributed by atoms with Crippen LogP contribution in [0.5, 0.6) is 6.08 Å². The van der Waals surface area contributed by atoms with Crippen LogP contribution in [0.4, 0.5) is 0 Å². The predicted octanol–water partition coefficient (Wildman–Crippen LogP) is 2.22. The number of ether oxygens (including phenoxy) is 1. The van der Waals surface area contributed by atoms with Crippen molar-refractivity contribution in [2.24, 2.45) is 0 Å². The highest BCUT2D eigenvalue weighted by Gasteiger charge is 2.13. The lowest BCUT2D eigenvalue weighted by molar-refractivity contribution is 0.108. The molecule has 0 aliphatic rings. The third kappa shape index (κ3) is 1.33. The van der Waals surface area contributed by atoms with Crippen LogP contribution in [0.15, 0.2) is 22.6 Å². The molecule has 0 atom stereocenters. The summed E-state index contributed by atoms with van der Waals surface area (Å²) in [4.78, 5) is 15.0. The van der Waals surface area contributed by atoms with Crippen LogP contribution in [-0.4, -0.2) is 17.3 Å². The smallest absolute Gasteiger partial charge is 0.394 e. The lowest BCUT2D eigenvalue weighted by Gasteiger charge is -1.91. The van der Waals surface area contributed by atoms with E-state index < -0.39 is 5.24 Å². The Balaban J connectivity index is 2.73. The van der Waals surface area contributed by atoms with Gasteiger partial charge >= 0.3 is 6.08 Å². The van der Waals surface area contributed by atoms with Crippen molar-refractivity contribution in [2.75, 3.05) is 7.11 Å². The number of rotatable bonds is 2. The molecule has 0 bridgehead atoms. The molecule has 1 aromatic heterocycles. The van der Waals surface area contributed by atoms with Crippen LogP contribution in [0.1, 0.15) is 10.4 Å². The molecule has 1 heterocycles. The first-order chi connectivity index (χ1) is 6.72. The molecule has 0 N–H and O–H groups in total. The van der Waals surface area contributed by atoms with Crippen LogP contribution in [0, 0.1) is 0 Å². The Morgan fingerprint density at radius 1 is 1.57 bits per heavy atom. The van der Waals surface area contributed by atoms with Crippen molar-refractivity contribution < 1.29 is 13.9 Å². The largest absolute Gasteiger partial charge is 0.453 e. The minimum absolute atomic E-state index is 0.116. The summed E-state index contributed by atoms with van der Waals surface area (Å²) in [6.07, 6.45) is 0.116. The Bertz CT molecular complexity index is 492. The minimum atomic E-state index is -0.563. The van der Waals surface area contributed by atoms with Crippen LogP contribution < -0.4 is 4.74 Å². The normalized spacial score (nSPS) is 10.4. The highest BCUT2D eigenvalue weighted by atomic mass is 35.5. The third-order valence-corrected chi connectivity index (χ3v) is 1.99. The van der Waals surface area contributed by atoms with Gasteiger partial charge in [0.05, 0.1) is 12.7 Å². The van der Waals surface area contributed by atoms with Crippen molar-refractivity contribution >= 4 is 27.9 Å². The van der Waals surface area contributed by atoms with Crippen molar-refractivity contribution in [1.29, 1.82) is 0 Å². The molecule has 14 heavy (non-hydrogen) atoms. The average molecular weight is 212 g/mol. The van der Waals surface area contributed by atoms with Gasteiger partial charge in [-0.25, -0.2) is 0 Å². The average Bonchev–Trinajstić information content (AvgIpc) is 2.59. The fraction of sp³-hybridized carbons (Fsp3) is 0.111. The van der Waals surface area contributed by atoms with E-state index in [-0.39, 0.29) is 6.08 Å². The molecule has 72 valence electrons. The zero-order valence-corrected chi connectivity index (χ0v) is 8.04. The number of hydrogen-bond acceptors (Lipinski definition) is 4. The molecule has 0 amide bonds. The Labute approximate surface area is 84.4 Å². The van der Waals surface area contributed by atoms with E-state index in [9.17, 15) is 4.79 Å². The van der Waals surface area contributed by atoms with Crippen molar-refractivity contribution in [3.05, 3.63) is 23.8 Å². The van der Waals surface area contributed by atoms with Gasteiger partial charge in [-0.15, -0.1) is 0 Å². The van der Waals surface area contributed by atoms with Crippen molar-refractivity contribution in [3.63, 3.8) is 0 Å². The fourth-order valence-corrected chi connectivity index (χ4v) is 1.33. The van der Waals surface area contributed by atoms with Gasteiger partial charge < -0.3 is 9.15 Å². The van der Waals surface area contributed by atoms with Crippen LogP contribution in [-0.2, 0) is 0 Å². The second-order valence-electron chi connectivity index (χ2n) is 2.61. The van der Waals surface area contributed by atoms with E-state index in [1.165, 1.54) is 7.11 Å². The zero-order valence-electron chi connectivity index (χ0n) is 7.28. The number of hydrogen-bond donors (Lipinski definition) is 0. The molecule has 0 aliphatic carbocycles. The van der Waals surface area contributed by atoms with Gasteiger partial charge in [0, 0.05) is 0 Å². The van der Waals surface area contributed by atoms with Crippen LogP contribution in [0.3, 0.4) is 0 Å². The van der Waals surface area contributed by atoms with E-state index in [4.69, 9.17) is 20.8 Å². The van der Waals surface area contributed by atoms with Gasteiger partial charge in [0.2, 0.25) is 0 Å². The maximum Gasteiger partial charge on any atom is 0.394 e. The maximum atomic E-state index is 11.0. The quantitative estimate of drug-likeness (QED) is 0.715. The first-order valence-electron chi connectivity index (χ1n) is 3.85. The number of para-hydroxylation sites is 1. The molecule has 0 radical (unpaired) electrons. The number of methoxy groups -OCH3 is 1. The molecule has 0 saturated carbocycles. The molecule has 0 spiro atoms. The SMILES string of the molecule is COc1nc2c(C(=O)Cl)cccc2o1. The standard InChI is InChI=1S/C9H6ClNO3/c1-13-9-11-7-5(8(10)12)3-2-4-6(7)14-9/h2-4H,1H3. The van der Waals surface area contributed by atoms with Gasteiger partial charge in [-0.3, -0.25) is 4.79 Å². The summed E-state index contributed by atoms with van der Waals surface area (Å²) in [7, 11) is 1.44. The fourth-order valence-electron chi connectivity index (χ4n) is 1.17. The van der Waals surface area contributed by atoms with Crippen molar-refractivity contribution in [3.8, 4) is 6.08 Å². The first kappa shape index (κ1) is 9.02. The number of carbonyl (C=O) groups is 1. The number of aromatic nitrogens is 1. The number of nitrogens with zero attached hydrogens (tertiary/aromatic N) is 1. The van der Waals surface area contributed by atoms with Crippen molar-refractivity contribution in [2.45, 2.75) is 0 Å². The topological polar surface area (TPSA) is 52.3 Å². The van der Waals surface area contributed by atoms with Crippen LogP contribution >= 0.6 is 11.6 Å². The molecular weight excluding hydrogens is 206 g/mol. The maximum absolute atomic E-state index is 11.0. The lowest BCUT2D eigenvalue weighted by Crippen LogP contribution is -1.89. The van der Waals surface area contributed by atoms with Crippen LogP contribution in [0.2, 0.25) is 0 Å². The van der Waals surface area contributed by atoms with Gasteiger partial charge in [0.1, 0.15) is 5.52 Å². The number of halogens is 1. The third-order valence-electron chi connectivity index (χ3n) is 1.79. The monoisotopic (exact) mass is 211 g/mol. The molecule has 0 fully saturated rings. The summed E-state index contributed by atoms with van der Waals surface area (Å²) in [5, 5.41) is -0.563. The Morgan fingerprint density at radius 2 is 2.36 bits per heavy atom. The van der Waals surface area contributed by atoms with Gasteiger partial charge in [0.25, 0.3) is 5.24 Å². The first-order valence-corrected chi connectivity index (χ1v) is 4.23. The lowest BCUT2D eigenvalue weighted by atomic mass is 10.2. The molecule has 0 saturated heterocycles.